The molecule has 0 spiro atoms. The van der Waals surface area contributed by atoms with Crippen LogP contribution in [0.1, 0.15) is 39.5 Å². The van der Waals surface area contributed by atoms with Crippen molar-refractivity contribution in [1.29, 1.82) is 0 Å². The van der Waals surface area contributed by atoms with Gasteiger partial charge in [0.1, 0.15) is 0 Å². The van der Waals surface area contributed by atoms with Gasteiger partial charge in [0.05, 0.1) is 0 Å². The van der Waals surface area contributed by atoms with Gasteiger partial charge in [0.2, 0.25) is 0 Å². The van der Waals surface area contributed by atoms with Crippen LogP contribution in [0.2, 0.25) is 25.2 Å². The van der Waals surface area contributed by atoms with E-state index in [0.29, 0.717) is 10.5 Å². The van der Waals surface area contributed by atoms with E-state index in [-0.39, 0.29) is 0 Å². The monoisotopic (exact) mass is 446 g/mol. The first-order chi connectivity index (χ1) is 11.8. The summed E-state index contributed by atoms with van der Waals surface area (Å²) in [7, 11) is 9.20. The molecule has 0 bridgehead atoms. The van der Waals surface area contributed by atoms with Crippen molar-refractivity contribution in [2.45, 2.75) is 75.2 Å². The van der Waals surface area contributed by atoms with Crippen molar-refractivity contribution < 1.29 is 17.7 Å². The molecule has 0 aliphatic carbocycles. The van der Waals surface area contributed by atoms with Crippen LogP contribution >= 0.6 is 31.4 Å². The fourth-order valence-corrected chi connectivity index (χ4v) is 11.1. The van der Waals surface area contributed by atoms with Gasteiger partial charge in [-0.05, 0) is 60.7 Å². The zero-order chi connectivity index (χ0) is 19.3. The summed E-state index contributed by atoms with van der Waals surface area (Å²) in [5, 5.41) is 1.31. The first kappa shape index (κ1) is 26.3. The van der Waals surface area contributed by atoms with Gasteiger partial charge < -0.3 is 17.7 Å². The lowest BCUT2D eigenvalue weighted by Gasteiger charge is -2.25. The van der Waals surface area contributed by atoms with Crippen molar-refractivity contribution in [1.82, 2.24) is 0 Å². The van der Waals surface area contributed by atoms with Crippen LogP contribution < -0.4 is 0 Å². The lowest BCUT2D eigenvalue weighted by molar-refractivity contribution is 0.248. The molecular formula is C16H38O4S3Si2. The Labute approximate surface area is 169 Å². The highest BCUT2D eigenvalue weighted by atomic mass is 33.5. The summed E-state index contributed by atoms with van der Waals surface area (Å²) in [4.78, 5) is 0. The molecule has 0 aromatic rings. The third kappa shape index (κ3) is 11.0. The number of hydrogen-bond acceptors (Lipinski definition) is 7. The van der Waals surface area contributed by atoms with Crippen molar-refractivity contribution in [3.63, 3.8) is 0 Å². The molecule has 0 aliphatic heterocycles. The molecule has 0 radical (unpaired) electrons. The van der Waals surface area contributed by atoms with Crippen molar-refractivity contribution in [3.05, 3.63) is 0 Å². The van der Waals surface area contributed by atoms with Crippen molar-refractivity contribution in [3.8, 4) is 0 Å². The molecule has 0 aromatic carbocycles. The SMILES string of the molecule is CCC(CC[Si](C)(OC)OC)SSSC(CC)CC[Si](C)(OC)OC. The van der Waals surface area contributed by atoms with E-state index in [9.17, 15) is 0 Å². The van der Waals surface area contributed by atoms with Crippen LogP contribution in [0.25, 0.3) is 0 Å². The van der Waals surface area contributed by atoms with Crippen LogP contribution in [0.3, 0.4) is 0 Å². The van der Waals surface area contributed by atoms with Gasteiger partial charge in [-0.25, -0.2) is 0 Å². The van der Waals surface area contributed by atoms with Gasteiger partial charge in [-0.15, -0.1) is 0 Å². The van der Waals surface area contributed by atoms with E-state index in [1.165, 1.54) is 12.8 Å². The number of rotatable bonds is 16. The molecule has 0 aliphatic rings. The summed E-state index contributed by atoms with van der Waals surface area (Å²) in [5.41, 5.74) is 0. The van der Waals surface area contributed by atoms with Crippen molar-refractivity contribution in [2.24, 2.45) is 0 Å². The molecule has 0 N–H and O–H groups in total. The minimum Gasteiger partial charge on any atom is -0.398 e. The molecule has 0 fully saturated rings. The Hall–Kier alpha value is 1.32. The third-order valence-electron chi connectivity index (χ3n) is 4.83. The van der Waals surface area contributed by atoms with E-state index >= 15 is 0 Å². The fourth-order valence-electron chi connectivity index (χ4n) is 2.20. The standard InChI is InChI=1S/C16H38O4S3Si2/c1-9-15(11-13-24(7,17-3)18-4)21-23-22-16(10-2)12-14-25(8,19-5)20-6/h15-16H,9-14H2,1-8H3. The third-order valence-corrected chi connectivity index (χ3v) is 16.0. The van der Waals surface area contributed by atoms with Gasteiger partial charge in [0.25, 0.3) is 0 Å². The topological polar surface area (TPSA) is 36.9 Å². The maximum Gasteiger partial charge on any atom is 0.334 e. The Bertz CT molecular complexity index is 303. The summed E-state index contributed by atoms with van der Waals surface area (Å²) >= 11 is 0. The normalized spacial score (nSPS) is 15.4. The Kier molecular flexibility index (Phi) is 15.1. The van der Waals surface area contributed by atoms with E-state index in [2.05, 4.69) is 26.9 Å². The fraction of sp³-hybridized carbons (Fsp3) is 1.00. The highest BCUT2D eigenvalue weighted by molar-refractivity contribution is 9.09. The van der Waals surface area contributed by atoms with Crippen LogP contribution in [-0.4, -0.2) is 56.1 Å². The molecule has 9 heteroatoms. The smallest absolute Gasteiger partial charge is 0.334 e. The van der Waals surface area contributed by atoms with E-state index in [1.54, 1.807) is 28.4 Å². The molecule has 0 aromatic heterocycles. The van der Waals surface area contributed by atoms with Crippen LogP contribution in [0.4, 0.5) is 0 Å². The number of hydrogen-bond donors (Lipinski definition) is 0. The second kappa shape index (κ2) is 14.3. The largest absolute Gasteiger partial charge is 0.398 e. The molecule has 4 nitrogen and oxygen atoms in total. The summed E-state index contributed by atoms with van der Waals surface area (Å²) < 4.78 is 22.4. The van der Waals surface area contributed by atoms with Gasteiger partial charge in [0, 0.05) is 38.9 Å². The summed E-state index contributed by atoms with van der Waals surface area (Å²) in [6, 6.07) is 2.11. The molecule has 2 atom stereocenters. The second-order valence-corrected chi connectivity index (χ2v) is 18.3. The van der Waals surface area contributed by atoms with Gasteiger partial charge in [-0.1, -0.05) is 35.4 Å². The minimum atomic E-state index is -1.94. The van der Waals surface area contributed by atoms with Crippen LogP contribution in [0, 0.1) is 0 Å². The Morgan fingerprint density at radius 1 is 0.680 bits per heavy atom. The summed E-state index contributed by atoms with van der Waals surface area (Å²) in [6.07, 6.45) is 4.69. The van der Waals surface area contributed by atoms with E-state index in [4.69, 9.17) is 17.7 Å². The highest BCUT2D eigenvalue weighted by Gasteiger charge is 2.30. The van der Waals surface area contributed by atoms with Crippen LogP contribution in [0.15, 0.2) is 0 Å². The van der Waals surface area contributed by atoms with Crippen molar-refractivity contribution >= 4 is 48.5 Å². The van der Waals surface area contributed by atoms with Gasteiger partial charge in [-0.3, -0.25) is 0 Å². The average Bonchev–Trinajstić information content (AvgIpc) is 2.66. The zero-order valence-electron chi connectivity index (χ0n) is 17.3. The van der Waals surface area contributed by atoms with Crippen LogP contribution in [-0.2, 0) is 17.7 Å². The molecule has 25 heavy (non-hydrogen) atoms. The van der Waals surface area contributed by atoms with E-state index in [1.807, 2.05) is 31.4 Å². The first-order valence-electron chi connectivity index (χ1n) is 9.01. The van der Waals surface area contributed by atoms with E-state index in [0.717, 1.165) is 24.9 Å². The average molecular weight is 447 g/mol. The lowest BCUT2D eigenvalue weighted by Crippen LogP contribution is -2.36. The molecular weight excluding hydrogens is 409 g/mol. The first-order valence-corrected chi connectivity index (χ1v) is 17.7. The maximum atomic E-state index is 5.60. The molecule has 0 rings (SSSR count). The highest BCUT2D eigenvalue weighted by Crippen LogP contribution is 2.45. The zero-order valence-corrected chi connectivity index (χ0v) is 21.7. The predicted octanol–water partition coefficient (Wildman–Crippen LogP) is 6.08. The molecule has 2 unspecified atom stereocenters. The summed E-state index contributed by atoms with van der Waals surface area (Å²) in [5.74, 6) is 0. The molecule has 152 valence electrons. The van der Waals surface area contributed by atoms with Gasteiger partial charge in [0.15, 0.2) is 0 Å². The Balaban J connectivity index is 4.21. The lowest BCUT2D eigenvalue weighted by atomic mass is 10.3. The van der Waals surface area contributed by atoms with Crippen LogP contribution in [0.5, 0.6) is 0 Å². The predicted molar refractivity (Wildman–Crippen MR) is 121 cm³/mol. The minimum absolute atomic E-state index is 0.657. The molecule has 0 saturated heterocycles. The summed E-state index contributed by atoms with van der Waals surface area (Å²) in [6.45, 7) is 8.83. The second-order valence-electron chi connectivity index (χ2n) is 6.48. The molecule has 0 amide bonds. The van der Waals surface area contributed by atoms with Gasteiger partial charge >= 0.3 is 17.1 Å². The molecule has 0 heterocycles. The maximum absolute atomic E-state index is 5.60. The Morgan fingerprint density at radius 3 is 1.24 bits per heavy atom. The van der Waals surface area contributed by atoms with E-state index < -0.39 is 17.1 Å². The van der Waals surface area contributed by atoms with Crippen molar-refractivity contribution in [2.75, 3.05) is 28.4 Å². The Morgan fingerprint density at radius 2 is 1.00 bits per heavy atom. The molecule has 0 saturated carbocycles. The quantitative estimate of drug-likeness (QED) is 0.210. The van der Waals surface area contributed by atoms with Gasteiger partial charge in [-0.2, -0.15) is 0 Å².